The van der Waals surface area contributed by atoms with Gasteiger partial charge >= 0.3 is 0 Å². The Labute approximate surface area is 151 Å². The van der Waals surface area contributed by atoms with Crippen LogP contribution in [0.25, 0.3) is 0 Å². The number of aromatic nitrogens is 1. The third-order valence-electron chi connectivity index (χ3n) is 5.28. The summed E-state index contributed by atoms with van der Waals surface area (Å²) in [4.78, 5) is 22.5. The molecule has 0 aromatic carbocycles. The molecule has 0 saturated heterocycles. The molecule has 1 aliphatic rings. The largest absolute Gasteiger partial charge is 0.356 e. The zero-order valence-electron chi connectivity index (χ0n) is 15.7. The lowest BCUT2D eigenvalue weighted by atomic mass is 9.67. The second kappa shape index (κ2) is 9.39. The van der Waals surface area contributed by atoms with Crippen molar-refractivity contribution in [3.05, 3.63) is 30.1 Å². The Morgan fingerprint density at radius 1 is 1.36 bits per heavy atom. The van der Waals surface area contributed by atoms with Gasteiger partial charge in [-0.05, 0) is 36.8 Å². The fourth-order valence-electron chi connectivity index (χ4n) is 3.07. The van der Waals surface area contributed by atoms with Crippen LogP contribution in [0.15, 0.2) is 29.4 Å². The smallest absolute Gasteiger partial charge is 0.241 e. The minimum absolute atomic E-state index is 0.0488. The third kappa shape index (κ3) is 5.73. The maximum Gasteiger partial charge on any atom is 0.241 e. The molecule has 138 valence electrons. The highest BCUT2D eigenvalue weighted by Gasteiger charge is 2.34. The molecule has 2 rings (SSSR count). The van der Waals surface area contributed by atoms with E-state index < -0.39 is 0 Å². The zero-order chi connectivity index (χ0) is 18.1. The van der Waals surface area contributed by atoms with E-state index in [2.05, 4.69) is 27.5 Å². The van der Waals surface area contributed by atoms with Gasteiger partial charge in [0.15, 0.2) is 5.96 Å². The standard InChI is InChI=1S/C19H31N5O/c1-4-19(10-7-11-19)15-23-18(20-2)22-14-17(25)24(3)13-9-16-8-5-6-12-21-16/h5-6,8,12H,4,7,9-11,13-15H2,1-3H3,(H2,20,22,23). The first-order chi connectivity index (χ1) is 12.1. The number of nitrogens with zero attached hydrogens (tertiary/aromatic N) is 3. The number of nitrogens with one attached hydrogen (secondary N) is 2. The number of carbonyl (C=O) groups excluding carboxylic acids is 1. The number of hydrogen-bond donors (Lipinski definition) is 2. The molecule has 1 saturated carbocycles. The summed E-state index contributed by atoms with van der Waals surface area (Å²) < 4.78 is 0. The summed E-state index contributed by atoms with van der Waals surface area (Å²) in [6, 6.07) is 5.84. The number of likely N-dealkylation sites (N-methyl/N-ethyl adjacent to an activating group) is 1. The number of rotatable bonds is 8. The average molecular weight is 345 g/mol. The van der Waals surface area contributed by atoms with E-state index in [1.807, 2.05) is 25.2 Å². The number of carbonyl (C=O) groups is 1. The van der Waals surface area contributed by atoms with Gasteiger partial charge in [0.2, 0.25) is 5.91 Å². The summed E-state index contributed by atoms with van der Waals surface area (Å²) >= 11 is 0. The first-order valence-corrected chi connectivity index (χ1v) is 9.17. The Bertz CT molecular complexity index is 563. The molecule has 0 radical (unpaired) electrons. The molecule has 1 heterocycles. The van der Waals surface area contributed by atoms with Crippen LogP contribution in [0.5, 0.6) is 0 Å². The monoisotopic (exact) mass is 345 g/mol. The van der Waals surface area contributed by atoms with Crippen molar-refractivity contribution in [2.45, 2.75) is 39.0 Å². The Morgan fingerprint density at radius 2 is 2.16 bits per heavy atom. The van der Waals surface area contributed by atoms with Gasteiger partial charge in [0.1, 0.15) is 0 Å². The average Bonchev–Trinajstić information content (AvgIpc) is 2.62. The number of aliphatic imine (C=N–C) groups is 1. The first kappa shape index (κ1) is 19.2. The fourth-order valence-corrected chi connectivity index (χ4v) is 3.07. The Kier molecular flexibility index (Phi) is 7.22. The van der Waals surface area contributed by atoms with Gasteiger partial charge in [0.05, 0.1) is 6.54 Å². The number of pyridine rings is 1. The Balaban J connectivity index is 1.69. The van der Waals surface area contributed by atoms with Gasteiger partial charge in [0, 0.05) is 45.5 Å². The van der Waals surface area contributed by atoms with Crippen LogP contribution in [0.1, 0.15) is 38.3 Å². The molecule has 0 atom stereocenters. The summed E-state index contributed by atoms with van der Waals surface area (Å²) in [6.45, 7) is 4.07. The van der Waals surface area contributed by atoms with Crippen molar-refractivity contribution in [3.8, 4) is 0 Å². The Morgan fingerprint density at radius 3 is 2.72 bits per heavy atom. The van der Waals surface area contributed by atoms with Crippen LogP contribution in [0.3, 0.4) is 0 Å². The summed E-state index contributed by atoms with van der Waals surface area (Å²) in [7, 11) is 3.56. The molecular weight excluding hydrogens is 314 g/mol. The Hall–Kier alpha value is -2.11. The van der Waals surface area contributed by atoms with E-state index in [1.54, 1.807) is 18.1 Å². The molecule has 1 fully saturated rings. The van der Waals surface area contributed by atoms with Crippen molar-refractivity contribution < 1.29 is 4.79 Å². The molecule has 0 aliphatic heterocycles. The van der Waals surface area contributed by atoms with Crippen molar-refractivity contribution >= 4 is 11.9 Å². The molecule has 0 spiro atoms. The first-order valence-electron chi connectivity index (χ1n) is 9.17. The summed E-state index contributed by atoms with van der Waals surface area (Å²) in [6.07, 6.45) is 7.60. The normalized spacial score (nSPS) is 16.0. The summed E-state index contributed by atoms with van der Waals surface area (Å²) in [5.41, 5.74) is 1.42. The molecule has 0 bridgehead atoms. The molecule has 6 heteroatoms. The minimum atomic E-state index is 0.0488. The van der Waals surface area contributed by atoms with Crippen LogP contribution < -0.4 is 10.6 Å². The van der Waals surface area contributed by atoms with Gasteiger partial charge in [-0.1, -0.05) is 19.4 Å². The fraction of sp³-hybridized carbons (Fsp3) is 0.632. The van der Waals surface area contributed by atoms with Crippen LogP contribution in [-0.2, 0) is 11.2 Å². The number of amides is 1. The van der Waals surface area contributed by atoms with Crippen LogP contribution in [0, 0.1) is 5.41 Å². The van der Waals surface area contributed by atoms with E-state index in [0.717, 1.165) is 18.7 Å². The lowest BCUT2D eigenvalue weighted by Crippen LogP contribution is -2.48. The van der Waals surface area contributed by atoms with Gasteiger partial charge in [0.25, 0.3) is 0 Å². The molecule has 1 aliphatic carbocycles. The highest BCUT2D eigenvalue weighted by Crippen LogP contribution is 2.42. The van der Waals surface area contributed by atoms with Crippen LogP contribution in [-0.4, -0.2) is 55.5 Å². The van der Waals surface area contributed by atoms with Gasteiger partial charge in [-0.15, -0.1) is 0 Å². The lowest BCUT2D eigenvalue weighted by Gasteiger charge is -2.41. The maximum atomic E-state index is 12.3. The molecule has 6 nitrogen and oxygen atoms in total. The van der Waals surface area contributed by atoms with Gasteiger partial charge in [-0.25, -0.2) is 0 Å². The van der Waals surface area contributed by atoms with E-state index in [-0.39, 0.29) is 12.5 Å². The van der Waals surface area contributed by atoms with E-state index in [1.165, 1.54) is 25.7 Å². The van der Waals surface area contributed by atoms with Crippen molar-refractivity contribution in [2.24, 2.45) is 10.4 Å². The molecule has 2 N–H and O–H groups in total. The number of hydrogen-bond acceptors (Lipinski definition) is 3. The summed E-state index contributed by atoms with van der Waals surface area (Å²) in [5, 5.41) is 6.50. The molecule has 25 heavy (non-hydrogen) atoms. The maximum absolute atomic E-state index is 12.3. The van der Waals surface area contributed by atoms with Gasteiger partial charge in [-0.2, -0.15) is 0 Å². The highest BCUT2D eigenvalue weighted by molar-refractivity contribution is 5.86. The molecule has 1 aromatic heterocycles. The SMILES string of the molecule is CCC1(CNC(=NC)NCC(=O)N(C)CCc2ccccn2)CCC1. The predicted octanol–water partition coefficient (Wildman–Crippen LogP) is 1.83. The van der Waals surface area contributed by atoms with Crippen molar-refractivity contribution in [2.75, 3.05) is 33.7 Å². The van der Waals surface area contributed by atoms with Crippen molar-refractivity contribution in [1.29, 1.82) is 0 Å². The van der Waals surface area contributed by atoms with Crippen molar-refractivity contribution in [1.82, 2.24) is 20.5 Å². The topological polar surface area (TPSA) is 69.6 Å². The zero-order valence-corrected chi connectivity index (χ0v) is 15.7. The second-order valence-electron chi connectivity index (χ2n) is 6.87. The van der Waals surface area contributed by atoms with Gasteiger partial charge < -0.3 is 15.5 Å². The van der Waals surface area contributed by atoms with E-state index in [4.69, 9.17) is 0 Å². The van der Waals surface area contributed by atoms with E-state index in [9.17, 15) is 4.79 Å². The molecule has 1 aromatic rings. The lowest BCUT2D eigenvalue weighted by molar-refractivity contribution is -0.128. The predicted molar refractivity (Wildman–Crippen MR) is 102 cm³/mol. The third-order valence-corrected chi connectivity index (χ3v) is 5.28. The van der Waals surface area contributed by atoms with Crippen LogP contribution in [0.2, 0.25) is 0 Å². The van der Waals surface area contributed by atoms with E-state index >= 15 is 0 Å². The second-order valence-corrected chi connectivity index (χ2v) is 6.87. The molecule has 1 amide bonds. The van der Waals surface area contributed by atoms with Crippen LogP contribution in [0.4, 0.5) is 0 Å². The quantitative estimate of drug-likeness (QED) is 0.557. The van der Waals surface area contributed by atoms with E-state index in [0.29, 0.717) is 17.9 Å². The van der Waals surface area contributed by atoms with Gasteiger partial charge in [-0.3, -0.25) is 14.8 Å². The van der Waals surface area contributed by atoms with Crippen LogP contribution >= 0.6 is 0 Å². The van der Waals surface area contributed by atoms with Crippen molar-refractivity contribution in [3.63, 3.8) is 0 Å². The molecular formula is C19H31N5O. The molecule has 0 unspecified atom stereocenters. The summed E-state index contributed by atoms with van der Waals surface area (Å²) in [5.74, 6) is 0.749. The minimum Gasteiger partial charge on any atom is -0.356 e. The number of guanidine groups is 1. The highest BCUT2D eigenvalue weighted by atomic mass is 16.2.